The summed E-state index contributed by atoms with van der Waals surface area (Å²) in [7, 11) is 0.300. The maximum absolute atomic E-state index is 13.0. The van der Waals surface area contributed by atoms with Crippen LogP contribution in [0.15, 0.2) is 47.4 Å². The number of hydrogen-bond acceptors (Lipinski definition) is 5. The average Bonchev–Trinajstić information content (AvgIpc) is 2.61. The van der Waals surface area contributed by atoms with Crippen LogP contribution in [0.5, 0.6) is 11.5 Å². The molecule has 140 valence electrons. The van der Waals surface area contributed by atoms with Gasteiger partial charge in [-0.2, -0.15) is 4.31 Å². The fraction of sp³-hybridized carbons (Fsp3) is 0.278. The normalized spacial score (nSPS) is 11.4. The van der Waals surface area contributed by atoms with E-state index < -0.39 is 22.4 Å². The molecule has 0 saturated heterocycles. The van der Waals surface area contributed by atoms with Crippen LogP contribution in [-0.4, -0.2) is 45.1 Å². The van der Waals surface area contributed by atoms with Gasteiger partial charge in [-0.05, 0) is 17.2 Å². The first-order valence-corrected chi connectivity index (χ1v) is 9.20. The van der Waals surface area contributed by atoms with Gasteiger partial charge in [-0.25, -0.2) is 8.42 Å². The van der Waals surface area contributed by atoms with Crippen LogP contribution in [0.3, 0.4) is 0 Å². The Hall–Kier alpha value is -2.58. The molecule has 0 aliphatic heterocycles. The molecule has 0 fully saturated rings. The summed E-state index contributed by atoms with van der Waals surface area (Å²) in [5.41, 5.74) is 0.953. The molecule has 0 heterocycles. The number of carboxylic acids is 1. The van der Waals surface area contributed by atoms with E-state index in [1.807, 2.05) is 30.3 Å². The van der Waals surface area contributed by atoms with Crippen LogP contribution in [0.25, 0.3) is 0 Å². The van der Waals surface area contributed by atoms with E-state index in [2.05, 4.69) is 0 Å². The number of nitrogens with zero attached hydrogens (tertiary/aromatic N) is 1. The number of methoxy groups -OCH3 is 2. The van der Waals surface area contributed by atoms with Gasteiger partial charge in [0.1, 0.15) is 0 Å². The maximum atomic E-state index is 13.0. The van der Waals surface area contributed by atoms with E-state index in [4.69, 9.17) is 14.6 Å². The number of hydrogen-bond donors (Lipinski definition) is 1. The number of carbonyl (C=O) groups is 1. The highest BCUT2D eigenvalue weighted by atomic mass is 32.2. The second kappa shape index (κ2) is 8.20. The van der Waals surface area contributed by atoms with Crippen LogP contribution in [0.1, 0.15) is 11.1 Å². The summed E-state index contributed by atoms with van der Waals surface area (Å²) < 4.78 is 37.6. The summed E-state index contributed by atoms with van der Waals surface area (Å²) in [5, 5.41) is 9.14. The van der Waals surface area contributed by atoms with Crippen LogP contribution in [0, 0.1) is 0 Å². The van der Waals surface area contributed by atoms with Crippen molar-refractivity contribution in [2.45, 2.75) is 17.9 Å². The Morgan fingerprint density at radius 1 is 1.08 bits per heavy atom. The molecule has 0 saturated carbocycles. The van der Waals surface area contributed by atoms with E-state index in [-0.39, 0.29) is 28.5 Å². The second-order valence-electron chi connectivity index (χ2n) is 5.63. The van der Waals surface area contributed by atoms with Gasteiger partial charge in [0.2, 0.25) is 10.0 Å². The molecular weight excluding hydrogens is 358 g/mol. The molecule has 0 aromatic heterocycles. The first kappa shape index (κ1) is 19.7. The van der Waals surface area contributed by atoms with Crippen molar-refractivity contribution in [1.29, 1.82) is 0 Å². The fourth-order valence-corrected chi connectivity index (χ4v) is 3.91. The van der Waals surface area contributed by atoms with E-state index in [0.717, 1.165) is 5.56 Å². The lowest BCUT2D eigenvalue weighted by atomic mass is 10.1. The minimum absolute atomic E-state index is 0.115. The highest BCUT2D eigenvalue weighted by Gasteiger charge is 2.27. The molecule has 0 bridgehead atoms. The van der Waals surface area contributed by atoms with E-state index in [0.29, 0.717) is 0 Å². The zero-order chi connectivity index (χ0) is 19.3. The summed E-state index contributed by atoms with van der Waals surface area (Å²) in [4.78, 5) is 11.1. The van der Waals surface area contributed by atoms with Crippen LogP contribution in [0.4, 0.5) is 0 Å². The lowest BCUT2D eigenvalue weighted by Gasteiger charge is -2.20. The van der Waals surface area contributed by atoms with Crippen molar-refractivity contribution in [3.8, 4) is 11.5 Å². The van der Waals surface area contributed by atoms with Gasteiger partial charge in [0.05, 0.1) is 25.5 Å². The lowest BCUT2D eigenvalue weighted by Crippen LogP contribution is -2.27. The van der Waals surface area contributed by atoms with Gasteiger partial charge in [0.25, 0.3) is 0 Å². The molecule has 26 heavy (non-hydrogen) atoms. The molecule has 0 spiro atoms. The van der Waals surface area contributed by atoms with Gasteiger partial charge in [0.15, 0.2) is 11.5 Å². The number of aliphatic carboxylic acids is 1. The average molecular weight is 379 g/mol. The molecule has 7 nitrogen and oxygen atoms in total. The highest BCUT2D eigenvalue weighted by Crippen LogP contribution is 2.34. The largest absolute Gasteiger partial charge is 0.493 e. The van der Waals surface area contributed by atoms with Crippen molar-refractivity contribution in [3.63, 3.8) is 0 Å². The summed E-state index contributed by atoms with van der Waals surface area (Å²) in [6.45, 7) is 0.157. The van der Waals surface area contributed by atoms with Gasteiger partial charge in [-0.3, -0.25) is 4.79 Å². The molecule has 2 aromatic carbocycles. The molecule has 2 rings (SSSR count). The molecule has 2 aromatic rings. The van der Waals surface area contributed by atoms with Gasteiger partial charge in [0, 0.05) is 19.7 Å². The second-order valence-corrected chi connectivity index (χ2v) is 7.65. The van der Waals surface area contributed by atoms with Crippen LogP contribution >= 0.6 is 0 Å². The molecule has 0 unspecified atom stereocenters. The third-order valence-electron chi connectivity index (χ3n) is 3.84. The zero-order valence-electron chi connectivity index (χ0n) is 14.8. The van der Waals surface area contributed by atoms with Gasteiger partial charge in [-0.15, -0.1) is 0 Å². The predicted octanol–water partition coefficient (Wildman–Crippen LogP) is 2.15. The van der Waals surface area contributed by atoms with Crippen molar-refractivity contribution in [1.82, 2.24) is 4.31 Å². The maximum Gasteiger partial charge on any atom is 0.307 e. The van der Waals surface area contributed by atoms with Gasteiger partial charge in [-0.1, -0.05) is 30.3 Å². The summed E-state index contributed by atoms with van der Waals surface area (Å²) >= 11 is 0. The van der Waals surface area contributed by atoms with E-state index in [1.165, 1.54) is 37.7 Å². The van der Waals surface area contributed by atoms with Gasteiger partial charge < -0.3 is 14.6 Å². The monoisotopic (exact) mass is 379 g/mol. The summed E-state index contributed by atoms with van der Waals surface area (Å²) in [6, 6.07) is 11.8. The standard InChI is InChI=1S/C18H21NO6S/c1-19(12-13-7-5-4-6-8-13)26(22,23)17-11-16(25-3)15(24-2)9-14(17)10-18(20)21/h4-9,11H,10,12H2,1-3H3,(H,20,21). The number of benzene rings is 2. The lowest BCUT2D eigenvalue weighted by molar-refractivity contribution is -0.136. The number of carboxylic acid groups (broad SMARTS) is 1. The van der Waals surface area contributed by atoms with Crippen molar-refractivity contribution < 1.29 is 27.8 Å². The third kappa shape index (κ3) is 4.33. The SMILES string of the molecule is COc1cc(CC(=O)O)c(S(=O)(=O)N(C)Cc2ccccc2)cc1OC. The molecule has 0 amide bonds. The fourth-order valence-electron chi connectivity index (χ4n) is 2.54. The van der Waals surface area contributed by atoms with Crippen molar-refractivity contribution in [2.24, 2.45) is 0 Å². The molecular formula is C18H21NO6S. The molecule has 0 atom stereocenters. The Balaban J connectivity index is 2.50. The number of ether oxygens (including phenoxy) is 2. The van der Waals surface area contributed by atoms with E-state index in [9.17, 15) is 13.2 Å². The summed E-state index contributed by atoms with van der Waals surface area (Å²) in [5.74, 6) is -0.652. The first-order valence-electron chi connectivity index (χ1n) is 7.76. The Labute approximate surface area is 152 Å². The van der Waals surface area contributed by atoms with Crippen molar-refractivity contribution >= 4 is 16.0 Å². The number of rotatable bonds is 8. The molecule has 0 radical (unpaired) electrons. The van der Waals surface area contributed by atoms with E-state index >= 15 is 0 Å². The Kier molecular flexibility index (Phi) is 6.23. The topological polar surface area (TPSA) is 93.1 Å². The quantitative estimate of drug-likeness (QED) is 0.755. The Morgan fingerprint density at radius 2 is 1.65 bits per heavy atom. The Bertz CT molecular complexity index is 880. The van der Waals surface area contributed by atoms with E-state index in [1.54, 1.807) is 0 Å². The first-order chi connectivity index (χ1) is 12.3. The van der Waals surface area contributed by atoms with Crippen LogP contribution in [-0.2, 0) is 27.8 Å². The van der Waals surface area contributed by atoms with Crippen molar-refractivity contribution in [2.75, 3.05) is 21.3 Å². The molecule has 0 aliphatic carbocycles. The smallest absolute Gasteiger partial charge is 0.307 e. The van der Waals surface area contributed by atoms with Crippen LogP contribution in [0.2, 0.25) is 0 Å². The minimum atomic E-state index is -3.94. The molecule has 1 N–H and O–H groups in total. The zero-order valence-corrected chi connectivity index (χ0v) is 15.6. The van der Waals surface area contributed by atoms with Crippen molar-refractivity contribution in [3.05, 3.63) is 53.6 Å². The predicted molar refractivity (Wildman–Crippen MR) is 96.0 cm³/mol. The molecule has 8 heteroatoms. The highest BCUT2D eigenvalue weighted by molar-refractivity contribution is 7.89. The van der Waals surface area contributed by atoms with Crippen LogP contribution < -0.4 is 9.47 Å². The summed E-state index contributed by atoms with van der Waals surface area (Å²) in [6.07, 6.45) is -0.450. The number of sulfonamides is 1. The van der Waals surface area contributed by atoms with Gasteiger partial charge >= 0.3 is 5.97 Å². The Morgan fingerprint density at radius 3 is 2.19 bits per heavy atom. The molecule has 0 aliphatic rings. The third-order valence-corrected chi connectivity index (χ3v) is 5.73. The minimum Gasteiger partial charge on any atom is -0.493 e.